The molecule has 3 aromatic rings. The highest BCUT2D eigenvalue weighted by Gasteiger charge is 2.48. The van der Waals surface area contributed by atoms with Crippen LogP contribution in [0.15, 0.2) is 47.4 Å². The third-order valence-corrected chi connectivity index (χ3v) is 7.35. The summed E-state index contributed by atoms with van der Waals surface area (Å²) in [5, 5.41) is 11.4. The molecule has 0 bridgehead atoms. The summed E-state index contributed by atoms with van der Waals surface area (Å²) in [6.07, 6.45) is -4.43. The fourth-order valence-corrected chi connectivity index (χ4v) is 5.12. The number of ether oxygens (including phenoxy) is 2. The first-order valence-electron chi connectivity index (χ1n) is 12.0. The first-order chi connectivity index (χ1) is 17.9. The number of aromatic amines is 1. The van der Waals surface area contributed by atoms with Crippen LogP contribution in [0.2, 0.25) is 0 Å². The van der Waals surface area contributed by atoms with E-state index in [-0.39, 0.29) is 6.61 Å². The number of hydrogen-bond acceptors (Lipinski definition) is 7. The number of nitrogens with one attached hydrogen (secondary N) is 1. The summed E-state index contributed by atoms with van der Waals surface area (Å²) >= 11 is 1.23. The Morgan fingerprint density at radius 3 is 2.55 bits per heavy atom. The van der Waals surface area contributed by atoms with Gasteiger partial charge in [-0.2, -0.15) is 23.5 Å². The first-order valence-corrected chi connectivity index (χ1v) is 13.3. The fourth-order valence-electron chi connectivity index (χ4n) is 4.62. The summed E-state index contributed by atoms with van der Waals surface area (Å²) in [7, 11) is 3.84. The van der Waals surface area contributed by atoms with Gasteiger partial charge in [0.1, 0.15) is 17.1 Å². The number of alkyl halides is 3. The molecule has 1 aromatic heterocycles. The molecule has 206 valence electrons. The van der Waals surface area contributed by atoms with Crippen LogP contribution in [0.25, 0.3) is 0 Å². The second kappa shape index (κ2) is 11.2. The summed E-state index contributed by atoms with van der Waals surface area (Å²) in [6.45, 7) is 4.83. The van der Waals surface area contributed by atoms with Crippen LogP contribution < -0.4 is 4.90 Å². The Balaban J connectivity index is 1.75. The lowest BCUT2D eigenvalue weighted by atomic mass is 9.87. The lowest BCUT2D eigenvalue weighted by Gasteiger charge is -2.50. The number of rotatable bonds is 8. The van der Waals surface area contributed by atoms with E-state index >= 15 is 0 Å². The number of H-pyrrole nitrogens is 1. The van der Waals surface area contributed by atoms with Crippen LogP contribution in [-0.4, -0.2) is 60.1 Å². The highest BCUT2D eigenvalue weighted by Crippen LogP contribution is 2.43. The van der Waals surface area contributed by atoms with Crippen molar-refractivity contribution in [3.63, 3.8) is 0 Å². The van der Waals surface area contributed by atoms with Gasteiger partial charge in [-0.05, 0) is 75.7 Å². The predicted molar refractivity (Wildman–Crippen MR) is 137 cm³/mol. The molecule has 12 heteroatoms. The smallest absolute Gasteiger partial charge is 0.348 e. The Hall–Kier alpha value is -2.67. The van der Waals surface area contributed by atoms with E-state index in [1.165, 1.54) is 23.9 Å². The standard InChI is InChI=1S/C26H31F4N5O2S/c1-16(17-12-19(26(28,29)30)14-21(13-17)38-5)37-24-25(2,18-6-8-20(27)9-7-18)35(10-11-36-24)23-22(15-34(3)4)31-33-32-23/h6-9,12-14,16,24H,10-11,15H2,1-5H3,(H,31,32,33)/t16-,24-,25+/m1/s1. The Morgan fingerprint density at radius 2 is 1.92 bits per heavy atom. The van der Waals surface area contributed by atoms with Crippen LogP contribution in [0.5, 0.6) is 0 Å². The number of aromatic nitrogens is 3. The van der Waals surface area contributed by atoms with Crippen LogP contribution in [0, 0.1) is 5.82 Å². The predicted octanol–water partition coefficient (Wildman–Crippen LogP) is 5.60. The maximum atomic E-state index is 13.9. The average Bonchev–Trinajstić information content (AvgIpc) is 3.31. The zero-order valence-electron chi connectivity index (χ0n) is 21.8. The van der Waals surface area contributed by atoms with Gasteiger partial charge in [0.25, 0.3) is 0 Å². The Morgan fingerprint density at radius 1 is 1.21 bits per heavy atom. The molecule has 1 aliphatic heterocycles. The van der Waals surface area contributed by atoms with E-state index in [0.717, 1.165) is 12.1 Å². The number of thioether (sulfide) groups is 1. The summed E-state index contributed by atoms with van der Waals surface area (Å²) in [5.41, 5.74) is 0.0320. The second-order valence-electron chi connectivity index (χ2n) is 9.61. The molecule has 1 N–H and O–H groups in total. The molecule has 38 heavy (non-hydrogen) atoms. The molecule has 7 nitrogen and oxygen atoms in total. The van der Waals surface area contributed by atoms with Gasteiger partial charge in [-0.3, -0.25) is 0 Å². The molecule has 0 spiro atoms. The lowest BCUT2D eigenvalue weighted by Crippen LogP contribution is -2.60. The number of benzene rings is 2. The minimum atomic E-state index is -4.49. The first kappa shape index (κ1) is 28.3. The van der Waals surface area contributed by atoms with Gasteiger partial charge in [-0.1, -0.05) is 12.1 Å². The van der Waals surface area contributed by atoms with Crippen LogP contribution in [-0.2, 0) is 27.7 Å². The van der Waals surface area contributed by atoms with Gasteiger partial charge in [0.05, 0.1) is 18.3 Å². The van der Waals surface area contributed by atoms with Gasteiger partial charge in [0.15, 0.2) is 12.1 Å². The van der Waals surface area contributed by atoms with Gasteiger partial charge >= 0.3 is 6.18 Å². The molecule has 1 aliphatic rings. The molecule has 0 amide bonds. The van der Waals surface area contributed by atoms with Crippen LogP contribution >= 0.6 is 11.8 Å². The number of morpholine rings is 1. The number of hydrogen-bond donors (Lipinski definition) is 1. The Labute approximate surface area is 223 Å². The third kappa shape index (κ3) is 5.83. The molecular formula is C26H31F4N5O2S. The van der Waals surface area contributed by atoms with Gasteiger partial charge in [-0.25, -0.2) is 4.39 Å². The molecule has 0 unspecified atom stereocenters. The highest BCUT2D eigenvalue weighted by atomic mass is 32.2. The largest absolute Gasteiger partial charge is 0.416 e. The quantitative estimate of drug-likeness (QED) is 0.288. The maximum Gasteiger partial charge on any atom is 0.416 e. The molecule has 1 fully saturated rings. The number of halogens is 4. The lowest BCUT2D eigenvalue weighted by molar-refractivity contribution is -0.216. The SMILES string of the molecule is CSc1cc([C@@H](C)O[C@H]2OCCN(c3n[nH]nc3CN(C)C)[C@@]2(C)c2ccc(F)cc2)cc(C(F)(F)F)c1. The van der Waals surface area contributed by atoms with Crippen molar-refractivity contribution in [2.75, 3.05) is 38.4 Å². The van der Waals surface area contributed by atoms with E-state index in [0.29, 0.717) is 40.6 Å². The molecule has 0 aliphatic carbocycles. The maximum absolute atomic E-state index is 13.9. The normalized spacial score (nSPS) is 21.2. The molecule has 3 atom stereocenters. The van der Waals surface area contributed by atoms with Gasteiger partial charge in [0.2, 0.25) is 0 Å². The highest BCUT2D eigenvalue weighted by molar-refractivity contribution is 7.98. The van der Waals surface area contributed by atoms with Crippen molar-refractivity contribution in [1.29, 1.82) is 0 Å². The van der Waals surface area contributed by atoms with Crippen molar-refractivity contribution in [3.05, 3.63) is 70.7 Å². The summed E-state index contributed by atoms with van der Waals surface area (Å²) in [6, 6.07) is 9.93. The Bertz CT molecular complexity index is 1240. The zero-order chi connectivity index (χ0) is 27.7. The van der Waals surface area contributed by atoms with Crippen molar-refractivity contribution >= 4 is 17.6 Å². The second-order valence-corrected chi connectivity index (χ2v) is 10.5. The van der Waals surface area contributed by atoms with Crippen molar-refractivity contribution in [2.45, 2.75) is 49.4 Å². The minimum absolute atomic E-state index is 0.279. The van der Waals surface area contributed by atoms with E-state index in [2.05, 4.69) is 15.4 Å². The fraction of sp³-hybridized carbons (Fsp3) is 0.462. The molecule has 0 saturated carbocycles. The molecule has 0 radical (unpaired) electrons. The molecule has 2 heterocycles. The topological polar surface area (TPSA) is 66.5 Å². The van der Waals surface area contributed by atoms with E-state index < -0.39 is 35.5 Å². The van der Waals surface area contributed by atoms with Crippen LogP contribution in [0.1, 0.15) is 42.3 Å². The van der Waals surface area contributed by atoms with Gasteiger partial charge in [0, 0.05) is 18.0 Å². The van der Waals surface area contributed by atoms with Gasteiger partial charge < -0.3 is 19.3 Å². The van der Waals surface area contributed by atoms with E-state index in [9.17, 15) is 17.6 Å². The molecule has 2 aromatic carbocycles. The molecule has 4 rings (SSSR count). The van der Waals surface area contributed by atoms with Crippen LogP contribution in [0.3, 0.4) is 0 Å². The summed E-state index contributed by atoms with van der Waals surface area (Å²) in [4.78, 5) is 4.45. The number of nitrogens with zero attached hydrogens (tertiary/aromatic N) is 4. The van der Waals surface area contributed by atoms with Gasteiger partial charge in [-0.15, -0.1) is 16.9 Å². The molecular weight excluding hydrogens is 522 g/mol. The zero-order valence-corrected chi connectivity index (χ0v) is 22.7. The summed E-state index contributed by atoms with van der Waals surface area (Å²) in [5.74, 6) is 0.202. The van der Waals surface area contributed by atoms with Crippen molar-refractivity contribution < 1.29 is 27.0 Å². The van der Waals surface area contributed by atoms with E-state index in [1.807, 2.05) is 30.8 Å². The minimum Gasteiger partial charge on any atom is -0.348 e. The van der Waals surface area contributed by atoms with Crippen molar-refractivity contribution in [3.8, 4) is 0 Å². The monoisotopic (exact) mass is 553 g/mol. The Kier molecular flexibility index (Phi) is 8.36. The third-order valence-electron chi connectivity index (χ3n) is 6.64. The van der Waals surface area contributed by atoms with E-state index in [1.54, 1.807) is 31.4 Å². The van der Waals surface area contributed by atoms with E-state index in [4.69, 9.17) is 9.47 Å². The molecule has 1 saturated heterocycles. The average molecular weight is 554 g/mol. The van der Waals surface area contributed by atoms with Crippen molar-refractivity contribution in [2.24, 2.45) is 0 Å². The van der Waals surface area contributed by atoms with Crippen molar-refractivity contribution in [1.82, 2.24) is 20.3 Å². The summed E-state index contributed by atoms with van der Waals surface area (Å²) < 4.78 is 67.2. The van der Waals surface area contributed by atoms with Crippen LogP contribution in [0.4, 0.5) is 23.4 Å². The number of anilines is 1.